The van der Waals surface area contributed by atoms with E-state index in [0.29, 0.717) is 5.69 Å². The summed E-state index contributed by atoms with van der Waals surface area (Å²) in [5.74, 6) is 0. The molecule has 0 aromatic carbocycles. The van der Waals surface area contributed by atoms with Gasteiger partial charge in [0.1, 0.15) is 5.69 Å². The molecule has 80 valence electrons. The molecule has 1 heterocycles. The number of nitrogens with zero attached hydrogens (tertiary/aromatic N) is 3. The first-order chi connectivity index (χ1) is 6.61. The lowest BCUT2D eigenvalue weighted by atomic mass is 10.2. The van der Waals surface area contributed by atoms with Crippen LogP contribution in [0.3, 0.4) is 0 Å². The van der Waals surface area contributed by atoms with Crippen LogP contribution < -0.4 is 0 Å². The Morgan fingerprint density at radius 2 is 2.07 bits per heavy atom. The van der Waals surface area contributed by atoms with Crippen molar-refractivity contribution < 1.29 is 9.84 Å². The highest BCUT2D eigenvalue weighted by atomic mass is 16.5. The van der Waals surface area contributed by atoms with Gasteiger partial charge in [0.25, 0.3) is 0 Å². The summed E-state index contributed by atoms with van der Waals surface area (Å²) < 4.78 is 6.99. The molecule has 0 aliphatic rings. The van der Waals surface area contributed by atoms with Gasteiger partial charge in [-0.2, -0.15) is 0 Å². The number of methoxy groups -OCH3 is 1. The SMILES string of the molecule is COC(C)c1c(CO)nnn1C(C)C. The van der Waals surface area contributed by atoms with Crippen molar-refractivity contribution in [3.63, 3.8) is 0 Å². The van der Waals surface area contributed by atoms with E-state index in [0.717, 1.165) is 5.69 Å². The van der Waals surface area contributed by atoms with Crippen molar-refractivity contribution in [3.05, 3.63) is 11.4 Å². The van der Waals surface area contributed by atoms with Gasteiger partial charge in [0.15, 0.2) is 0 Å². The van der Waals surface area contributed by atoms with Crippen LogP contribution >= 0.6 is 0 Å². The van der Waals surface area contributed by atoms with Gasteiger partial charge in [-0.3, -0.25) is 0 Å². The van der Waals surface area contributed by atoms with Gasteiger partial charge in [0, 0.05) is 13.2 Å². The van der Waals surface area contributed by atoms with Crippen molar-refractivity contribution in [2.75, 3.05) is 7.11 Å². The highest BCUT2D eigenvalue weighted by molar-refractivity contribution is 5.12. The first-order valence-electron chi connectivity index (χ1n) is 4.69. The Morgan fingerprint density at radius 3 is 2.50 bits per heavy atom. The zero-order valence-corrected chi connectivity index (χ0v) is 9.06. The lowest BCUT2D eigenvalue weighted by molar-refractivity contribution is 0.107. The predicted octanol–water partition coefficient (Wildman–Crippen LogP) is 1.06. The molecule has 0 fully saturated rings. The predicted molar refractivity (Wildman–Crippen MR) is 51.8 cm³/mol. The van der Waals surface area contributed by atoms with Crippen LogP contribution in [0.4, 0.5) is 0 Å². The summed E-state index contributed by atoms with van der Waals surface area (Å²) in [6.45, 7) is 5.84. The van der Waals surface area contributed by atoms with E-state index in [1.807, 2.05) is 20.8 Å². The number of hydrogen-bond acceptors (Lipinski definition) is 4. The molecule has 0 aliphatic heterocycles. The van der Waals surface area contributed by atoms with Crippen LogP contribution in [-0.4, -0.2) is 27.2 Å². The smallest absolute Gasteiger partial charge is 0.114 e. The summed E-state index contributed by atoms with van der Waals surface area (Å²) >= 11 is 0. The molecule has 5 heteroatoms. The second-order valence-electron chi connectivity index (χ2n) is 3.50. The summed E-state index contributed by atoms with van der Waals surface area (Å²) in [6.07, 6.45) is -0.102. The van der Waals surface area contributed by atoms with Crippen LogP contribution in [0.1, 0.15) is 44.3 Å². The summed E-state index contributed by atoms with van der Waals surface area (Å²) in [7, 11) is 1.63. The highest BCUT2D eigenvalue weighted by Crippen LogP contribution is 2.21. The molecule has 1 aromatic rings. The van der Waals surface area contributed by atoms with Gasteiger partial charge in [-0.05, 0) is 20.8 Å². The third-order valence-electron chi connectivity index (χ3n) is 2.18. The maximum Gasteiger partial charge on any atom is 0.114 e. The highest BCUT2D eigenvalue weighted by Gasteiger charge is 2.19. The first-order valence-corrected chi connectivity index (χ1v) is 4.69. The van der Waals surface area contributed by atoms with E-state index in [2.05, 4.69) is 10.3 Å². The fraction of sp³-hybridized carbons (Fsp3) is 0.778. The maximum absolute atomic E-state index is 9.09. The summed E-state index contributed by atoms with van der Waals surface area (Å²) in [5, 5.41) is 17.0. The average Bonchev–Trinajstić information content (AvgIpc) is 2.59. The molecule has 0 saturated heterocycles. The van der Waals surface area contributed by atoms with E-state index >= 15 is 0 Å². The molecule has 1 aromatic heterocycles. The summed E-state index contributed by atoms with van der Waals surface area (Å²) in [5.41, 5.74) is 1.44. The van der Waals surface area contributed by atoms with Gasteiger partial charge in [0.2, 0.25) is 0 Å². The molecule has 1 rings (SSSR count). The minimum Gasteiger partial charge on any atom is -0.390 e. The van der Waals surface area contributed by atoms with Crippen LogP contribution in [-0.2, 0) is 11.3 Å². The molecule has 1 N–H and O–H groups in total. The van der Waals surface area contributed by atoms with Crippen LogP contribution in [0.5, 0.6) is 0 Å². The third kappa shape index (κ3) is 1.93. The van der Waals surface area contributed by atoms with E-state index in [1.54, 1.807) is 11.8 Å². The van der Waals surface area contributed by atoms with Crippen LogP contribution in [0.2, 0.25) is 0 Å². The number of ether oxygens (including phenoxy) is 1. The molecule has 0 spiro atoms. The molecular formula is C9H17N3O2. The molecule has 0 aliphatic carbocycles. The molecule has 0 radical (unpaired) electrons. The van der Waals surface area contributed by atoms with E-state index in [1.165, 1.54) is 0 Å². The number of rotatable bonds is 4. The standard InChI is InChI=1S/C9H17N3O2/c1-6(2)12-9(7(3)14-4)8(5-13)10-11-12/h6-7,13H,5H2,1-4H3. The van der Waals surface area contributed by atoms with Crippen LogP contribution in [0.25, 0.3) is 0 Å². The second-order valence-corrected chi connectivity index (χ2v) is 3.50. The second kappa shape index (κ2) is 4.52. The van der Waals surface area contributed by atoms with Gasteiger partial charge >= 0.3 is 0 Å². The lowest BCUT2D eigenvalue weighted by Crippen LogP contribution is -2.12. The molecule has 1 unspecified atom stereocenters. The number of aliphatic hydroxyl groups excluding tert-OH is 1. The zero-order valence-electron chi connectivity index (χ0n) is 9.06. The molecular weight excluding hydrogens is 182 g/mol. The third-order valence-corrected chi connectivity index (χ3v) is 2.18. The average molecular weight is 199 g/mol. The lowest BCUT2D eigenvalue weighted by Gasteiger charge is -2.15. The molecule has 0 saturated carbocycles. The Morgan fingerprint density at radius 1 is 1.43 bits per heavy atom. The summed E-state index contributed by atoms with van der Waals surface area (Å²) in [6, 6.07) is 0.218. The number of hydrogen-bond donors (Lipinski definition) is 1. The normalized spacial score (nSPS) is 13.6. The Labute approximate surface area is 83.7 Å². The zero-order chi connectivity index (χ0) is 10.7. The van der Waals surface area contributed by atoms with Crippen LogP contribution in [0, 0.1) is 0 Å². The minimum absolute atomic E-state index is 0.101. The van der Waals surface area contributed by atoms with Gasteiger partial charge < -0.3 is 9.84 Å². The van der Waals surface area contributed by atoms with Gasteiger partial charge in [-0.25, -0.2) is 4.68 Å². The van der Waals surface area contributed by atoms with E-state index in [9.17, 15) is 0 Å². The van der Waals surface area contributed by atoms with E-state index in [4.69, 9.17) is 9.84 Å². The molecule has 1 atom stereocenters. The molecule has 0 amide bonds. The van der Waals surface area contributed by atoms with Crippen LogP contribution in [0.15, 0.2) is 0 Å². The van der Waals surface area contributed by atoms with Crippen molar-refractivity contribution >= 4 is 0 Å². The largest absolute Gasteiger partial charge is 0.390 e. The first kappa shape index (κ1) is 11.1. The van der Waals surface area contributed by atoms with E-state index < -0.39 is 0 Å². The monoisotopic (exact) mass is 199 g/mol. The fourth-order valence-electron chi connectivity index (χ4n) is 1.36. The van der Waals surface area contributed by atoms with Crippen molar-refractivity contribution in [3.8, 4) is 0 Å². The van der Waals surface area contributed by atoms with Crippen molar-refractivity contribution in [1.82, 2.24) is 15.0 Å². The Hall–Kier alpha value is -0.940. The summed E-state index contributed by atoms with van der Waals surface area (Å²) in [4.78, 5) is 0. The van der Waals surface area contributed by atoms with Gasteiger partial charge in [-0.15, -0.1) is 5.10 Å². The quantitative estimate of drug-likeness (QED) is 0.787. The maximum atomic E-state index is 9.09. The molecule has 14 heavy (non-hydrogen) atoms. The Bertz CT molecular complexity index is 296. The number of aromatic nitrogens is 3. The van der Waals surface area contributed by atoms with Gasteiger partial charge in [-0.1, -0.05) is 5.21 Å². The van der Waals surface area contributed by atoms with Crippen molar-refractivity contribution in [2.45, 2.75) is 39.5 Å². The van der Waals surface area contributed by atoms with Crippen molar-refractivity contribution in [1.29, 1.82) is 0 Å². The Kier molecular flexibility index (Phi) is 3.60. The molecule has 0 bridgehead atoms. The topological polar surface area (TPSA) is 60.2 Å². The Balaban J connectivity index is 3.12. The minimum atomic E-state index is -0.102. The fourth-order valence-corrected chi connectivity index (χ4v) is 1.36. The molecule has 5 nitrogen and oxygen atoms in total. The van der Waals surface area contributed by atoms with Gasteiger partial charge in [0.05, 0.1) is 18.4 Å². The number of aliphatic hydroxyl groups is 1. The van der Waals surface area contributed by atoms with E-state index in [-0.39, 0.29) is 18.8 Å². The van der Waals surface area contributed by atoms with Crippen molar-refractivity contribution in [2.24, 2.45) is 0 Å².